The van der Waals surface area contributed by atoms with Gasteiger partial charge in [-0.15, -0.1) is 0 Å². The average Bonchev–Trinajstić information content (AvgIpc) is 3.21. The van der Waals surface area contributed by atoms with E-state index < -0.39 is 5.60 Å². The van der Waals surface area contributed by atoms with Gasteiger partial charge in [-0.3, -0.25) is 4.90 Å². The minimum atomic E-state index is -0.754. The SMILES string of the molecule is COc1ccc2[nH]cc(CN3[C@@H]4CC[C@H]3CC(O)(c3ccc(Cl)cc3)C4)c2c1. The average molecular weight is 397 g/mol. The number of aromatic nitrogens is 1. The number of nitrogens with one attached hydrogen (secondary N) is 1. The smallest absolute Gasteiger partial charge is 0.119 e. The molecule has 1 unspecified atom stereocenters. The third-order valence-electron chi connectivity index (χ3n) is 6.63. The van der Waals surface area contributed by atoms with Crippen LogP contribution in [0.4, 0.5) is 0 Å². The molecule has 28 heavy (non-hydrogen) atoms. The van der Waals surface area contributed by atoms with Crippen LogP contribution in [0.2, 0.25) is 5.02 Å². The molecule has 2 aliphatic rings. The molecule has 3 aromatic rings. The van der Waals surface area contributed by atoms with Gasteiger partial charge in [-0.1, -0.05) is 23.7 Å². The normalized spacial score (nSPS) is 27.4. The molecule has 5 heteroatoms. The number of methoxy groups -OCH3 is 1. The molecule has 0 amide bonds. The highest BCUT2D eigenvalue weighted by Gasteiger charge is 2.48. The molecule has 146 valence electrons. The molecule has 2 aromatic carbocycles. The van der Waals surface area contributed by atoms with Crippen LogP contribution in [-0.4, -0.2) is 34.2 Å². The molecule has 3 heterocycles. The molecule has 2 bridgehead atoms. The van der Waals surface area contributed by atoms with Gasteiger partial charge in [0.2, 0.25) is 0 Å². The first kappa shape index (κ1) is 18.0. The molecule has 3 atom stereocenters. The van der Waals surface area contributed by atoms with Crippen molar-refractivity contribution in [2.75, 3.05) is 7.11 Å². The quantitative estimate of drug-likeness (QED) is 0.663. The van der Waals surface area contributed by atoms with Crippen LogP contribution in [0.5, 0.6) is 5.75 Å². The molecule has 0 saturated carbocycles. The summed E-state index contributed by atoms with van der Waals surface area (Å²) in [6.07, 6.45) is 5.95. The highest BCUT2D eigenvalue weighted by molar-refractivity contribution is 6.30. The number of benzene rings is 2. The Kier molecular flexibility index (Phi) is 4.38. The van der Waals surface area contributed by atoms with Gasteiger partial charge < -0.3 is 14.8 Å². The lowest BCUT2D eigenvalue weighted by atomic mass is 9.80. The Morgan fingerprint density at radius 3 is 2.54 bits per heavy atom. The van der Waals surface area contributed by atoms with Crippen molar-refractivity contribution in [3.63, 3.8) is 0 Å². The van der Waals surface area contributed by atoms with E-state index >= 15 is 0 Å². The molecule has 2 saturated heterocycles. The van der Waals surface area contributed by atoms with Crippen molar-refractivity contribution in [2.24, 2.45) is 0 Å². The first-order valence-electron chi connectivity index (χ1n) is 9.94. The van der Waals surface area contributed by atoms with E-state index in [0.29, 0.717) is 17.1 Å². The van der Waals surface area contributed by atoms with E-state index in [9.17, 15) is 5.11 Å². The lowest BCUT2D eigenvalue weighted by Crippen LogP contribution is -2.49. The Morgan fingerprint density at radius 1 is 1.14 bits per heavy atom. The number of aromatic amines is 1. The van der Waals surface area contributed by atoms with E-state index in [4.69, 9.17) is 16.3 Å². The number of halogens is 1. The van der Waals surface area contributed by atoms with Crippen LogP contribution in [-0.2, 0) is 12.1 Å². The monoisotopic (exact) mass is 396 g/mol. The van der Waals surface area contributed by atoms with Crippen LogP contribution in [0.1, 0.15) is 36.8 Å². The summed E-state index contributed by atoms with van der Waals surface area (Å²) >= 11 is 6.04. The maximum Gasteiger partial charge on any atom is 0.119 e. The number of piperidine rings is 1. The molecule has 0 aliphatic carbocycles. The summed E-state index contributed by atoms with van der Waals surface area (Å²) in [5.41, 5.74) is 2.67. The second-order valence-corrected chi connectivity index (χ2v) is 8.67. The molecular weight excluding hydrogens is 372 g/mol. The minimum Gasteiger partial charge on any atom is -0.497 e. The van der Waals surface area contributed by atoms with Crippen LogP contribution >= 0.6 is 11.6 Å². The Hall–Kier alpha value is -2.01. The Morgan fingerprint density at radius 2 is 1.86 bits per heavy atom. The lowest BCUT2D eigenvalue weighted by molar-refractivity contribution is -0.0594. The van der Waals surface area contributed by atoms with Gasteiger partial charge in [0, 0.05) is 40.8 Å². The lowest BCUT2D eigenvalue weighted by Gasteiger charge is -2.44. The zero-order valence-corrected chi connectivity index (χ0v) is 16.7. The third kappa shape index (κ3) is 3.00. The van der Waals surface area contributed by atoms with Gasteiger partial charge in [0.15, 0.2) is 0 Å². The zero-order valence-electron chi connectivity index (χ0n) is 16.0. The zero-order chi connectivity index (χ0) is 19.3. The first-order valence-corrected chi connectivity index (χ1v) is 10.3. The van der Waals surface area contributed by atoms with E-state index in [2.05, 4.69) is 28.2 Å². The fourth-order valence-corrected chi connectivity index (χ4v) is 5.31. The fraction of sp³-hybridized carbons (Fsp3) is 0.391. The van der Waals surface area contributed by atoms with Gasteiger partial charge in [0.1, 0.15) is 5.75 Å². The standard InChI is InChI=1S/C23H25ClN2O2/c1-28-20-8-9-22-21(10-20)15(13-25-22)14-26-18-6-7-19(26)12-23(27,11-18)16-2-4-17(24)5-3-16/h2-5,8-10,13,18-19,25,27H,6-7,11-12,14H2,1H3/t18-,19+,23?. The molecular formula is C23H25ClN2O2. The van der Waals surface area contributed by atoms with E-state index in [1.165, 1.54) is 10.9 Å². The van der Waals surface area contributed by atoms with Gasteiger partial charge in [-0.25, -0.2) is 0 Å². The van der Waals surface area contributed by atoms with Crippen molar-refractivity contribution in [1.29, 1.82) is 0 Å². The van der Waals surface area contributed by atoms with Crippen molar-refractivity contribution in [3.8, 4) is 5.75 Å². The Labute approximate surface area is 170 Å². The van der Waals surface area contributed by atoms with E-state index in [-0.39, 0.29) is 0 Å². The molecule has 1 aromatic heterocycles. The predicted octanol–water partition coefficient (Wildman–Crippen LogP) is 4.84. The van der Waals surface area contributed by atoms with Crippen molar-refractivity contribution < 1.29 is 9.84 Å². The van der Waals surface area contributed by atoms with Crippen LogP contribution in [0.25, 0.3) is 10.9 Å². The fourth-order valence-electron chi connectivity index (χ4n) is 5.18. The molecule has 2 N–H and O–H groups in total. The highest BCUT2D eigenvalue weighted by Crippen LogP contribution is 2.46. The number of aliphatic hydroxyl groups is 1. The molecule has 2 aliphatic heterocycles. The summed E-state index contributed by atoms with van der Waals surface area (Å²) < 4.78 is 5.41. The van der Waals surface area contributed by atoms with Crippen molar-refractivity contribution in [3.05, 3.63) is 64.8 Å². The summed E-state index contributed by atoms with van der Waals surface area (Å²) in [6, 6.07) is 14.7. The van der Waals surface area contributed by atoms with Crippen LogP contribution in [0.15, 0.2) is 48.7 Å². The molecule has 5 rings (SSSR count). The number of fused-ring (bicyclic) bond motifs is 3. The maximum absolute atomic E-state index is 11.4. The summed E-state index contributed by atoms with van der Waals surface area (Å²) in [4.78, 5) is 5.97. The number of ether oxygens (including phenoxy) is 1. The van der Waals surface area contributed by atoms with Gasteiger partial charge >= 0.3 is 0 Å². The summed E-state index contributed by atoms with van der Waals surface area (Å²) in [7, 11) is 1.70. The number of H-pyrrole nitrogens is 1. The van der Waals surface area contributed by atoms with Crippen LogP contribution in [0.3, 0.4) is 0 Å². The second kappa shape index (κ2) is 6.80. The Balaban J connectivity index is 1.40. The van der Waals surface area contributed by atoms with Crippen molar-refractivity contribution >= 4 is 22.5 Å². The van der Waals surface area contributed by atoms with E-state index in [1.54, 1.807) is 7.11 Å². The van der Waals surface area contributed by atoms with Crippen LogP contribution < -0.4 is 4.74 Å². The van der Waals surface area contributed by atoms with Crippen LogP contribution in [0, 0.1) is 0 Å². The van der Waals surface area contributed by atoms with Gasteiger partial charge in [0.25, 0.3) is 0 Å². The van der Waals surface area contributed by atoms with E-state index in [1.807, 2.05) is 30.3 Å². The van der Waals surface area contributed by atoms with E-state index in [0.717, 1.165) is 49.1 Å². The largest absolute Gasteiger partial charge is 0.497 e. The van der Waals surface area contributed by atoms with Gasteiger partial charge in [-0.2, -0.15) is 0 Å². The topological polar surface area (TPSA) is 48.5 Å². The van der Waals surface area contributed by atoms with Gasteiger partial charge in [-0.05, 0) is 67.1 Å². The summed E-state index contributed by atoms with van der Waals surface area (Å²) in [6.45, 7) is 0.902. The number of hydrogen-bond donors (Lipinski definition) is 2. The molecule has 4 nitrogen and oxygen atoms in total. The number of rotatable bonds is 4. The molecule has 0 spiro atoms. The second-order valence-electron chi connectivity index (χ2n) is 8.23. The summed E-state index contributed by atoms with van der Waals surface area (Å²) in [5.74, 6) is 0.882. The Bertz CT molecular complexity index is 984. The third-order valence-corrected chi connectivity index (χ3v) is 6.88. The highest BCUT2D eigenvalue weighted by atomic mass is 35.5. The molecule has 2 fully saturated rings. The molecule has 0 radical (unpaired) electrons. The predicted molar refractivity (Wildman–Crippen MR) is 112 cm³/mol. The number of nitrogens with zero attached hydrogens (tertiary/aromatic N) is 1. The number of hydrogen-bond acceptors (Lipinski definition) is 3. The summed E-state index contributed by atoms with van der Waals surface area (Å²) in [5, 5.41) is 13.3. The maximum atomic E-state index is 11.4. The van der Waals surface area contributed by atoms with Gasteiger partial charge in [0.05, 0.1) is 12.7 Å². The minimum absolute atomic E-state index is 0.398. The van der Waals surface area contributed by atoms with Crippen molar-refractivity contribution in [1.82, 2.24) is 9.88 Å². The van der Waals surface area contributed by atoms with Crippen molar-refractivity contribution in [2.45, 2.75) is 49.9 Å². The first-order chi connectivity index (χ1) is 13.6.